The van der Waals surface area contributed by atoms with Gasteiger partial charge < -0.3 is 14.5 Å². The molecule has 1 aromatic carbocycles. The second-order valence-corrected chi connectivity index (χ2v) is 4.33. The number of carboxylic acid groups (broad SMARTS) is 1. The quantitative estimate of drug-likeness (QED) is 0.597. The van der Waals surface area contributed by atoms with Crippen LogP contribution in [0.5, 0.6) is 0 Å². The first kappa shape index (κ1) is 14.7. The maximum absolute atomic E-state index is 13.7. The molecular formula is C12H12FLiN2O2. The molecule has 4 nitrogen and oxygen atoms in total. The van der Waals surface area contributed by atoms with Crippen molar-refractivity contribution in [3.05, 3.63) is 29.8 Å². The number of fused-ring (bicyclic) bond motifs is 1. The summed E-state index contributed by atoms with van der Waals surface area (Å²) in [6.07, 6.45) is 0. The number of para-hydroxylation sites is 1. The summed E-state index contributed by atoms with van der Waals surface area (Å²) in [6, 6.07) is 4.38. The molecule has 0 atom stereocenters. The van der Waals surface area contributed by atoms with E-state index in [9.17, 15) is 14.3 Å². The summed E-state index contributed by atoms with van der Waals surface area (Å²) in [6.45, 7) is 4.23. The second kappa shape index (κ2) is 5.55. The van der Waals surface area contributed by atoms with E-state index < -0.39 is 11.8 Å². The summed E-state index contributed by atoms with van der Waals surface area (Å²) in [7, 11) is 0. The van der Waals surface area contributed by atoms with Crippen LogP contribution in [0.15, 0.2) is 18.2 Å². The van der Waals surface area contributed by atoms with E-state index in [0.717, 1.165) is 0 Å². The Labute approximate surface area is 116 Å². The van der Waals surface area contributed by atoms with Crippen LogP contribution in [0.2, 0.25) is 0 Å². The van der Waals surface area contributed by atoms with Crippen LogP contribution >= 0.6 is 0 Å². The first-order chi connectivity index (χ1) is 8.00. The zero-order valence-electron chi connectivity index (χ0n) is 10.6. The van der Waals surface area contributed by atoms with Crippen molar-refractivity contribution in [2.75, 3.05) is 0 Å². The monoisotopic (exact) mass is 242 g/mol. The summed E-state index contributed by atoms with van der Waals surface area (Å²) in [5.74, 6) is -1.90. The molecule has 1 heterocycles. The van der Waals surface area contributed by atoms with E-state index in [2.05, 4.69) is 4.98 Å². The molecule has 0 N–H and O–H groups in total. The number of carboxylic acids is 1. The number of hydrogen-bond donors (Lipinski definition) is 0. The first-order valence-electron chi connectivity index (χ1n) is 5.36. The predicted octanol–water partition coefficient (Wildman–Crippen LogP) is -1.80. The number of nitrogens with zero attached hydrogens (tertiary/aromatic N) is 2. The summed E-state index contributed by atoms with van der Waals surface area (Å²) in [5, 5.41) is 11.0. The normalized spacial score (nSPS) is 10.7. The second-order valence-electron chi connectivity index (χ2n) is 4.33. The summed E-state index contributed by atoms with van der Waals surface area (Å²) < 4.78 is 15.1. The van der Waals surface area contributed by atoms with Crippen molar-refractivity contribution in [3.63, 3.8) is 0 Å². The first-order valence-corrected chi connectivity index (χ1v) is 5.36. The molecule has 0 bridgehead atoms. The topological polar surface area (TPSA) is 58.0 Å². The fourth-order valence-electron chi connectivity index (χ4n) is 1.84. The van der Waals surface area contributed by atoms with Crippen molar-refractivity contribution in [1.29, 1.82) is 0 Å². The van der Waals surface area contributed by atoms with Crippen molar-refractivity contribution >= 4 is 17.0 Å². The Morgan fingerprint density at radius 3 is 2.72 bits per heavy atom. The molecular weight excluding hydrogens is 230 g/mol. The van der Waals surface area contributed by atoms with Crippen LogP contribution < -0.4 is 24.0 Å². The van der Waals surface area contributed by atoms with Gasteiger partial charge in [0.15, 0.2) is 5.82 Å². The number of rotatable bonds is 3. The predicted molar refractivity (Wildman–Crippen MR) is 58.9 cm³/mol. The van der Waals surface area contributed by atoms with Gasteiger partial charge in [0.2, 0.25) is 0 Å². The molecule has 0 aliphatic carbocycles. The van der Waals surface area contributed by atoms with Gasteiger partial charge in [-0.25, -0.2) is 9.37 Å². The number of imidazole rings is 1. The third-order valence-corrected chi connectivity index (χ3v) is 2.45. The fraction of sp³-hybridized carbons (Fsp3) is 0.333. The van der Waals surface area contributed by atoms with Gasteiger partial charge in [-0.15, -0.1) is 0 Å². The van der Waals surface area contributed by atoms with Gasteiger partial charge in [-0.3, -0.25) is 0 Å². The Balaban J connectivity index is 0.00000162. The third-order valence-electron chi connectivity index (χ3n) is 2.45. The minimum Gasteiger partial charge on any atom is -0.542 e. The maximum Gasteiger partial charge on any atom is 1.00 e. The van der Waals surface area contributed by atoms with Crippen LogP contribution in [-0.2, 0) is 6.54 Å². The van der Waals surface area contributed by atoms with Crippen LogP contribution in [0.25, 0.3) is 11.0 Å². The molecule has 2 aromatic rings. The molecule has 0 saturated carbocycles. The van der Waals surface area contributed by atoms with E-state index in [0.29, 0.717) is 12.1 Å². The number of carbonyl (C=O) groups excluding carboxylic acids is 1. The smallest absolute Gasteiger partial charge is 0.542 e. The summed E-state index contributed by atoms with van der Waals surface area (Å²) in [5.41, 5.74) is 0.560. The largest absolute Gasteiger partial charge is 1.00 e. The number of aromatic carboxylic acids is 1. The number of benzene rings is 1. The Morgan fingerprint density at radius 1 is 1.50 bits per heavy atom. The molecule has 6 heteroatoms. The molecule has 0 spiro atoms. The minimum atomic E-state index is -1.39. The van der Waals surface area contributed by atoms with Gasteiger partial charge in [0.25, 0.3) is 0 Å². The van der Waals surface area contributed by atoms with Crippen molar-refractivity contribution < 1.29 is 33.2 Å². The molecule has 0 amide bonds. The molecule has 0 saturated heterocycles. The van der Waals surface area contributed by atoms with E-state index in [4.69, 9.17) is 0 Å². The van der Waals surface area contributed by atoms with E-state index in [-0.39, 0.29) is 36.1 Å². The zero-order chi connectivity index (χ0) is 12.6. The van der Waals surface area contributed by atoms with Gasteiger partial charge in [-0.1, -0.05) is 19.9 Å². The molecule has 0 aliphatic heterocycles. The van der Waals surface area contributed by atoms with Gasteiger partial charge in [-0.05, 0) is 18.1 Å². The molecule has 2 rings (SSSR count). The van der Waals surface area contributed by atoms with Crippen molar-refractivity contribution in [2.24, 2.45) is 5.92 Å². The number of aromatic nitrogens is 2. The Bertz CT molecular complexity index is 581. The number of hydrogen-bond acceptors (Lipinski definition) is 3. The van der Waals surface area contributed by atoms with Crippen LogP contribution in [-0.4, -0.2) is 15.5 Å². The van der Waals surface area contributed by atoms with Gasteiger partial charge in [0.1, 0.15) is 17.3 Å². The molecule has 0 radical (unpaired) electrons. The maximum atomic E-state index is 13.7. The Kier molecular flexibility index (Phi) is 4.55. The molecule has 0 aliphatic rings. The minimum absolute atomic E-state index is 0. The standard InChI is InChI=1S/C12H13FN2O2.Li/c1-7(2)6-15-10-8(13)4-3-5-9(10)14-11(15)12(16)17;/h3-5,7H,6H2,1-2H3,(H,16,17);/q;+1/p-1. The van der Waals surface area contributed by atoms with E-state index in [1.807, 2.05) is 13.8 Å². The average Bonchev–Trinajstić information content (AvgIpc) is 2.57. The number of halogens is 1. The molecule has 18 heavy (non-hydrogen) atoms. The third kappa shape index (κ3) is 2.58. The van der Waals surface area contributed by atoms with Crippen LogP contribution in [0, 0.1) is 11.7 Å². The SMILES string of the molecule is CC(C)Cn1c(C(=O)[O-])nc2cccc(F)c21.[Li+]. The van der Waals surface area contributed by atoms with Crippen molar-refractivity contribution in [3.8, 4) is 0 Å². The van der Waals surface area contributed by atoms with Gasteiger partial charge in [0.05, 0.1) is 5.52 Å². The van der Waals surface area contributed by atoms with Crippen LogP contribution in [0.3, 0.4) is 0 Å². The van der Waals surface area contributed by atoms with Gasteiger partial charge in [0, 0.05) is 6.54 Å². The zero-order valence-corrected chi connectivity index (χ0v) is 10.6. The van der Waals surface area contributed by atoms with Gasteiger partial charge >= 0.3 is 18.9 Å². The van der Waals surface area contributed by atoms with Crippen LogP contribution in [0.4, 0.5) is 4.39 Å². The Morgan fingerprint density at radius 2 is 2.17 bits per heavy atom. The summed E-state index contributed by atoms with van der Waals surface area (Å²) >= 11 is 0. The van der Waals surface area contributed by atoms with E-state index >= 15 is 0 Å². The summed E-state index contributed by atoms with van der Waals surface area (Å²) in [4.78, 5) is 14.9. The van der Waals surface area contributed by atoms with Crippen molar-refractivity contribution in [1.82, 2.24) is 9.55 Å². The average molecular weight is 242 g/mol. The Hall–Kier alpha value is -1.31. The molecule has 90 valence electrons. The number of carbonyl (C=O) groups is 1. The molecule has 1 aromatic heterocycles. The van der Waals surface area contributed by atoms with Crippen molar-refractivity contribution in [2.45, 2.75) is 20.4 Å². The fourth-order valence-corrected chi connectivity index (χ4v) is 1.84. The van der Waals surface area contributed by atoms with E-state index in [1.54, 1.807) is 6.07 Å². The van der Waals surface area contributed by atoms with Gasteiger partial charge in [-0.2, -0.15) is 0 Å². The van der Waals surface area contributed by atoms with Crippen LogP contribution in [0.1, 0.15) is 24.5 Å². The molecule has 0 fully saturated rings. The van der Waals surface area contributed by atoms with E-state index in [1.165, 1.54) is 16.7 Å². The molecule has 0 unspecified atom stereocenters.